The molecular formula is C17H25N3O. The van der Waals surface area contributed by atoms with Gasteiger partial charge in [-0.3, -0.25) is 4.90 Å². The van der Waals surface area contributed by atoms with Crippen LogP contribution in [-0.4, -0.2) is 38.5 Å². The Labute approximate surface area is 127 Å². The van der Waals surface area contributed by atoms with Gasteiger partial charge in [-0.25, -0.2) is 4.68 Å². The molecule has 2 aromatic rings. The number of aliphatic hydroxyl groups is 1. The summed E-state index contributed by atoms with van der Waals surface area (Å²) in [7, 11) is 0. The van der Waals surface area contributed by atoms with Crippen molar-refractivity contribution >= 4 is 0 Å². The van der Waals surface area contributed by atoms with Gasteiger partial charge in [-0.1, -0.05) is 18.2 Å². The third-order valence-electron chi connectivity index (χ3n) is 3.62. The molecule has 1 N–H and O–H groups in total. The van der Waals surface area contributed by atoms with E-state index in [9.17, 15) is 5.11 Å². The molecule has 0 aliphatic rings. The van der Waals surface area contributed by atoms with Crippen LogP contribution in [-0.2, 0) is 6.54 Å². The predicted octanol–water partition coefficient (Wildman–Crippen LogP) is 2.77. The number of aliphatic hydroxyl groups excluding tert-OH is 1. The number of para-hydroxylation sites is 1. The monoisotopic (exact) mass is 287 g/mol. The minimum absolute atomic E-state index is 0.322. The van der Waals surface area contributed by atoms with Gasteiger partial charge >= 0.3 is 0 Å². The van der Waals surface area contributed by atoms with Crippen LogP contribution in [0.5, 0.6) is 0 Å². The second kappa shape index (κ2) is 6.87. The molecule has 0 aliphatic carbocycles. The highest BCUT2D eigenvalue weighted by atomic mass is 16.3. The topological polar surface area (TPSA) is 41.3 Å². The minimum Gasteiger partial charge on any atom is -0.392 e. The first-order chi connectivity index (χ1) is 9.97. The van der Waals surface area contributed by atoms with Crippen LogP contribution in [0.2, 0.25) is 0 Å². The number of hydrogen-bond donors (Lipinski definition) is 1. The summed E-state index contributed by atoms with van der Waals surface area (Å²) in [5.74, 6) is 0. The Balaban J connectivity index is 2.19. The number of benzene rings is 1. The van der Waals surface area contributed by atoms with Crippen molar-refractivity contribution in [3.8, 4) is 5.69 Å². The molecule has 21 heavy (non-hydrogen) atoms. The summed E-state index contributed by atoms with van der Waals surface area (Å²) in [6.07, 6.45) is 1.76. The molecule has 4 heteroatoms. The zero-order chi connectivity index (χ0) is 15.4. The van der Waals surface area contributed by atoms with Crippen molar-refractivity contribution in [1.82, 2.24) is 14.7 Å². The van der Waals surface area contributed by atoms with E-state index in [2.05, 4.69) is 30.0 Å². The van der Waals surface area contributed by atoms with E-state index in [4.69, 9.17) is 0 Å². The van der Waals surface area contributed by atoms with Crippen LogP contribution < -0.4 is 0 Å². The smallest absolute Gasteiger partial charge is 0.0645 e. The molecule has 0 aliphatic heterocycles. The third-order valence-corrected chi connectivity index (χ3v) is 3.62. The lowest BCUT2D eigenvalue weighted by atomic mass is 10.2. The average molecular weight is 287 g/mol. The fraction of sp³-hybridized carbons (Fsp3) is 0.471. The average Bonchev–Trinajstić information content (AvgIpc) is 2.80. The van der Waals surface area contributed by atoms with E-state index in [-0.39, 0.29) is 6.10 Å². The first-order valence-electron chi connectivity index (χ1n) is 7.50. The Hall–Kier alpha value is -1.65. The quantitative estimate of drug-likeness (QED) is 0.888. The maximum absolute atomic E-state index is 9.64. The zero-order valence-corrected chi connectivity index (χ0v) is 13.3. The molecule has 2 rings (SSSR count). The third kappa shape index (κ3) is 4.16. The summed E-state index contributed by atoms with van der Waals surface area (Å²) in [6.45, 7) is 9.65. The first-order valence-corrected chi connectivity index (χ1v) is 7.50. The first kappa shape index (κ1) is 15.7. The van der Waals surface area contributed by atoms with E-state index in [1.165, 1.54) is 5.56 Å². The maximum Gasteiger partial charge on any atom is 0.0645 e. The van der Waals surface area contributed by atoms with Crippen molar-refractivity contribution in [1.29, 1.82) is 0 Å². The van der Waals surface area contributed by atoms with E-state index in [0.717, 1.165) is 17.9 Å². The highest BCUT2D eigenvalue weighted by Crippen LogP contribution is 2.15. The van der Waals surface area contributed by atoms with Gasteiger partial charge in [0.15, 0.2) is 0 Å². The summed E-state index contributed by atoms with van der Waals surface area (Å²) < 4.78 is 1.92. The van der Waals surface area contributed by atoms with Crippen LogP contribution in [0, 0.1) is 6.92 Å². The van der Waals surface area contributed by atoms with Gasteiger partial charge < -0.3 is 5.11 Å². The standard InChI is InChI=1S/C17H25N3O/c1-13(2)19(10-14(3)21)11-16-12-20(18-15(16)4)17-8-6-5-7-9-17/h5-9,12-14,21H,10-11H2,1-4H3. The second-order valence-electron chi connectivity index (χ2n) is 5.89. The molecule has 0 amide bonds. The largest absolute Gasteiger partial charge is 0.392 e. The maximum atomic E-state index is 9.64. The molecule has 1 atom stereocenters. The number of aryl methyl sites for hydroxylation is 1. The number of hydrogen-bond acceptors (Lipinski definition) is 3. The van der Waals surface area contributed by atoms with E-state index in [0.29, 0.717) is 12.6 Å². The lowest BCUT2D eigenvalue weighted by Crippen LogP contribution is -2.36. The van der Waals surface area contributed by atoms with Crippen LogP contribution in [0.1, 0.15) is 32.0 Å². The lowest BCUT2D eigenvalue weighted by molar-refractivity contribution is 0.103. The van der Waals surface area contributed by atoms with Gasteiger partial charge in [-0.2, -0.15) is 5.10 Å². The Morgan fingerprint density at radius 3 is 2.43 bits per heavy atom. The molecule has 0 fully saturated rings. The van der Waals surface area contributed by atoms with Gasteiger partial charge in [0.25, 0.3) is 0 Å². The summed E-state index contributed by atoms with van der Waals surface area (Å²) in [4.78, 5) is 2.27. The Morgan fingerprint density at radius 2 is 1.86 bits per heavy atom. The SMILES string of the molecule is Cc1nn(-c2ccccc2)cc1CN(CC(C)O)C(C)C. The summed E-state index contributed by atoms with van der Waals surface area (Å²) in [5.41, 5.74) is 3.31. The van der Waals surface area contributed by atoms with Crippen LogP contribution in [0.4, 0.5) is 0 Å². The predicted molar refractivity (Wildman–Crippen MR) is 85.5 cm³/mol. The van der Waals surface area contributed by atoms with Gasteiger partial charge in [-0.05, 0) is 39.8 Å². The molecule has 0 radical (unpaired) electrons. The van der Waals surface area contributed by atoms with Gasteiger partial charge in [-0.15, -0.1) is 0 Å². The van der Waals surface area contributed by atoms with E-state index in [1.807, 2.05) is 48.9 Å². The molecule has 0 saturated carbocycles. The Kier molecular flexibility index (Phi) is 5.15. The Bertz CT molecular complexity index is 561. The molecular weight excluding hydrogens is 262 g/mol. The molecule has 1 unspecified atom stereocenters. The molecule has 1 aromatic carbocycles. The van der Waals surface area contributed by atoms with E-state index >= 15 is 0 Å². The van der Waals surface area contributed by atoms with E-state index in [1.54, 1.807) is 0 Å². The normalized spacial score (nSPS) is 13.1. The summed E-state index contributed by atoms with van der Waals surface area (Å²) in [6, 6.07) is 10.5. The van der Waals surface area contributed by atoms with E-state index < -0.39 is 0 Å². The fourth-order valence-corrected chi connectivity index (χ4v) is 2.38. The van der Waals surface area contributed by atoms with Crippen molar-refractivity contribution in [3.63, 3.8) is 0 Å². The van der Waals surface area contributed by atoms with Crippen LogP contribution in [0.15, 0.2) is 36.5 Å². The molecule has 114 valence electrons. The minimum atomic E-state index is -0.322. The van der Waals surface area contributed by atoms with Crippen molar-refractivity contribution in [2.75, 3.05) is 6.54 Å². The van der Waals surface area contributed by atoms with Crippen LogP contribution >= 0.6 is 0 Å². The van der Waals surface area contributed by atoms with Crippen LogP contribution in [0.25, 0.3) is 5.69 Å². The zero-order valence-electron chi connectivity index (χ0n) is 13.3. The summed E-state index contributed by atoms with van der Waals surface area (Å²) >= 11 is 0. The highest BCUT2D eigenvalue weighted by molar-refractivity contribution is 5.32. The molecule has 0 spiro atoms. The van der Waals surface area contributed by atoms with Gasteiger partial charge in [0.05, 0.1) is 17.5 Å². The molecule has 0 bridgehead atoms. The Morgan fingerprint density at radius 1 is 1.19 bits per heavy atom. The molecule has 0 saturated heterocycles. The fourth-order valence-electron chi connectivity index (χ4n) is 2.38. The van der Waals surface area contributed by atoms with Crippen molar-refractivity contribution in [3.05, 3.63) is 47.8 Å². The molecule has 1 heterocycles. The van der Waals surface area contributed by atoms with Gasteiger partial charge in [0.1, 0.15) is 0 Å². The molecule has 4 nitrogen and oxygen atoms in total. The number of aromatic nitrogens is 2. The van der Waals surface area contributed by atoms with Crippen molar-refractivity contribution in [2.24, 2.45) is 0 Å². The lowest BCUT2D eigenvalue weighted by Gasteiger charge is -2.27. The number of rotatable bonds is 6. The van der Waals surface area contributed by atoms with Crippen LogP contribution in [0.3, 0.4) is 0 Å². The highest BCUT2D eigenvalue weighted by Gasteiger charge is 2.15. The van der Waals surface area contributed by atoms with Crippen molar-refractivity contribution < 1.29 is 5.11 Å². The molecule has 1 aromatic heterocycles. The van der Waals surface area contributed by atoms with Crippen molar-refractivity contribution in [2.45, 2.75) is 46.4 Å². The second-order valence-corrected chi connectivity index (χ2v) is 5.89. The van der Waals surface area contributed by atoms with Gasteiger partial charge in [0, 0.05) is 30.9 Å². The number of nitrogens with zero attached hydrogens (tertiary/aromatic N) is 3. The van der Waals surface area contributed by atoms with Gasteiger partial charge in [0.2, 0.25) is 0 Å². The summed E-state index contributed by atoms with van der Waals surface area (Å²) in [5, 5.41) is 14.2.